The molecule has 0 aliphatic rings. The van der Waals surface area contributed by atoms with Gasteiger partial charge in [-0.25, -0.2) is 8.60 Å². The van der Waals surface area contributed by atoms with Gasteiger partial charge < -0.3 is 0 Å². The molecule has 1 aromatic rings. The topological polar surface area (TPSA) is 43.1 Å². The first-order valence-electron chi connectivity index (χ1n) is 6.74. The van der Waals surface area contributed by atoms with Crippen molar-refractivity contribution in [1.29, 1.82) is 0 Å². The number of allylic oxidation sites excluding steroid dienone is 1. The molecule has 0 radical (unpaired) electrons. The van der Waals surface area contributed by atoms with Crippen molar-refractivity contribution in [2.45, 2.75) is 50.7 Å². The van der Waals surface area contributed by atoms with Crippen LogP contribution in [-0.2, 0) is 16.4 Å². The minimum absolute atomic E-state index is 0.293. The number of halogens is 2. The molecule has 5 heteroatoms. The highest BCUT2D eigenvalue weighted by Gasteiger charge is 2.37. The Morgan fingerprint density at radius 2 is 2.00 bits per heavy atom. The molecular weight excluding hydrogens is 353 g/mol. The van der Waals surface area contributed by atoms with E-state index in [4.69, 9.17) is 5.14 Å². The number of hydrogen-bond acceptors (Lipinski definition) is 1. The van der Waals surface area contributed by atoms with Crippen LogP contribution in [0.5, 0.6) is 0 Å². The van der Waals surface area contributed by atoms with E-state index >= 15 is 0 Å². The van der Waals surface area contributed by atoms with Crippen LogP contribution in [0.3, 0.4) is 0 Å². The zero-order chi connectivity index (χ0) is 16.4. The average molecular weight is 376 g/mol. The first kappa shape index (κ1) is 18.5. The Kier molecular flexibility index (Phi) is 5.92. The van der Waals surface area contributed by atoms with Crippen LogP contribution in [0.2, 0.25) is 0 Å². The van der Waals surface area contributed by atoms with Gasteiger partial charge in [0.2, 0.25) is 0 Å². The zero-order valence-corrected chi connectivity index (χ0v) is 15.4. The Balaban J connectivity index is 3.29. The van der Waals surface area contributed by atoms with Crippen LogP contribution in [-0.4, -0.2) is 8.96 Å². The lowest BCUT2D eigenvalue weighted by atomic mass is 9.72. The van der Waals surface area contributed by atoms with E-state index in [9.17, 15) is 8.60 Å². The van der Waals surface area contributed by atoms with E-state index in [1.807, 2.05) is 20.8 Å². The number of benzene rings is 1. The Labute approximate surface area is 137 Å². The highest BCUT2D eigenvalue weighted by molar-refractivity contribution is 9.10. The predicted octanol–water partition coefficient (Wildman–Crippen LogP) is 4.60. The summed E-state index contributed by atoms with van der Waals surface area (Å²) >= 11 is 3.23. The van der Waals surface area contributed by atoms with Gasteiger partial charge in [0.1, 0.15) is 5.82 Å². The Morgan fingerprint density at radius 3 is 2.43 bits per heavy atom. The zero-order valence-electron chi connectivity index (χ0n) is 13.0. The average Bonchev–Trinajstić information content (AvgIpc) is 2.30. The molecule has 2 N–H and O–H groups in total. The molecule has 0 spiro atoms. The molecule has 0 fully saturated rings. The van der Waals surface area contributed by atoms with Crippen LogP contribution in [0, 0.1) is 5.82 Å². The van der Waals surface area contributed by atoms with Crippen molar-refractivity contribution in [3.05, 3.63) is 46.2 Å². The number of nitrogens with two attached hydrogens (primary N) is 1. The van der Waals surface area contributed by atoms with E-state index in [0.29, 0.717) is 10.9 Å². The molecule has 1 aromatic carbocycles. The Morgan fingerprint density at radius 1 is 1.43 bits per heavy atom. The fourth-order valence-electron chi connectivity index (χ4n) is 2.81. The molecule has 1 rings (SSSR count). The van der Waals surface area contributed by atoms with Crippen molar-refractivity contribution in [3.63, 3.8) is 0 Å². The second-order valence-corrected chi connectivity index (χ2v) is 9.11. The maximum atomic E-state index is 13.5. The molecule has 0 amide bonds. The smallest absolute Gasteiger partial charge is 0.137 e. The van der Waals surface area contributed by atoms with E-state index in [0.717, 1.165) is 17.6 Å². The van der Waals surface area contributed by atoms with Crippen LogP contribution >= 0.6 is 15.9 Å². The van der Waals surface area contributed by atoms with Crippen molar-refractivity contribution >= 4 is 26.9 Å². The van der Waals surface area contributed by atoms with Gasteiger partial charge in [-0.05, 0) is 72.7 Å². The summed E-state index contributed by atoms with van der Waals surface area (Å²) in [7, 11) is -1.44. The minimum Gasteiger partial charge on any atom is -0.251 e. The third-order valence-electron chi connectivity index (χ3n) is 3.67. The molecule has 0 saturated heterocycles. The summed E-state index contributed by atoms with van der Waals surface area (Å²) in [6.45, 7) is 11.8. The normalized spacial score (nSPS) is 16.3. The van der Waals surface area contributed by atoms with Gasteiger partial charge in [0, 0.05) is 0 Å². The molecule has 0 aliphatic carbocycles. The molecule has 1 unspecified atom stereocenters. The van der Waals surface area contributed by atoms with Gasteiger partial charge in [-0.15, -0.1) is 6.58 Å². The first-order chi connectivity index (χ1) is 9.48. The largest absolute Gasteiger partial charge is 0.251 e. The molecule has 0 heterocycles. The van der Waals surface area contributed by atoms with Crippen LogP contribution in [0.15, 0.2) is 34.8 Å². The quantitative estimate of drug-likeness (QED) is 0.725. The lowest BCUT2D eigenvalue weighted by molar-refractivity contribution is 0.380. The van der Waals surface area contributed by atoms with Crippen molar-refractivity contribution < 1.29 is 8.60 Å². The Bertz CT molecular complexity index is 573. The third-order valence-corrected chi connectivity index (χ3v) is 5.51. The predicted molar refractivity (Wildman–Crippen MR) is 91.9 cm³/mol. The van der Waals surface area contributed by atoms with Crippen molar-refractivity contribution in [1.82, 2.24) is 0 Å². The van der Waals surface area contributed by atoms with Gasteiger partial charge in [-0.2, -0.15) is 0 Å². The Hall–Kier alpha value is -0.520. The molecule has 0 aromatic heterocycles. The summed E-state index contributed by atoms with van der Waals surface area (Å²) in [6, 6.07) is 5.01. The van der Waals surface area contributed by atoms with E-state index in [1.165, 1.54) is 6.07 Å². The summed E-state index contributed by atoms with van der Waals surface area (Å²) in [4.78, 5) is 0. The lowest BCUT2D eigenvalue weighted by Gasteiger charge is -2.37. The lowest BCUT2D eigenvalue weighted by Crippen LogP contribution is -2.40. The number of hydrogen-bond donors (Lipinski definition) is 1. The van der Waals surface area contributed by atoms with Crippen LogP contribution < -0.4 is 5.14 Å². The molecule has 2 atom stereocenters. The fourth-order valence-corrected chi connectivity index (χ4v) is 3.65. The van der Waals surface area contributed by atoms with Crippen molar-refractivity contribution in [2.24, 2.45) is 5.14 Å². The van der Waals surface area contributed by atoms with Gasteiger partial charge in [0.25, 0.3) is 0 Å². The summed E-state index contributed by atoms with van der Waals surface area (Å²) < 4.78 is 25.2. The highest BCUT2D eigenvalue weighted by atomic mass is 79.9. The molecule has 118 valence electrons. The molecule has 21 heavy (non-hydrogen) atoms. The molecular formula is C16H23BrFNOS. The maximum Gasteiger partial charge on any atom is 0.137 e. The summed E-state index contributed by atoms with van der Waals surface area (Å²) in [6.07, 6.45) is 1.35. The maximum absolute atomic E-state index is 13.5. The van der Waals surface area contributed by atoms with Gasteiger partial charge in [0.05, 0.1) is 20.2 Å². The third kappa shape index (κ3) is 4.73. The molecule has 2 nitrogen and oxygen atoms in total. The summed E-state index contributed by atoms with van der Waals surface area (Å²) in [5, 5.41) is 5.62. The van der Waals surface area contributed by atoms with Gasteiger partial charge >= 0.3 is 0 Å². The molecule has 0 saturated carbocycles. The SMILES string of the molecule is C=C(C)C[C@@](C)(CC(C)(C)S(N)=O)c1ccc(F)c(Br)c1. The first-order valence-corrected chi connectivity index (χ1v) is 8.75. The van der Waals surface area contributed by atoms with Crippen molar-refractivity contribution in [2.75, 3.05) is 0 Å². The highest BCUT2D eigenvalue weighted by Crippen LogP contribution is 2.40. The van der Waals surface area contributed by atoms with Gasteiger partial charge in [-0.3, -0.25) is 5.14 Å². The second-order valence-electron chi connectivity index (χ2n) is 6.56. The van der Waals surface area contributed by atoms with Crippen molar-refractivity contribution in [3.8, 4) is 0 Å². The molecule has 0 bridgehead atoms. The standard InChI is InChI=1S/C16H23BrFNOS/c1-11(2)9-16(5,10-15(3,4)21(19)20)12-6-7-14(18)13(17)8-12/h6-8H,1,9-10,19H2,2-5H3/t16-,21?/m0/s1. The van der Waals surface area contributed by atoms with Crippen LogP contribution in [0.4, 0.5) is 4.39 Å². The monoisotopic (exact) mass is 375 g/mol. The number of rotatable bonds is 6. The second kappa shape index (κ2) is 6.71. The van der Waals surface area contributed by atoms with E-state index in [-0.39, 0.29) is 11.2 Å². The van der Waals surface area contributed by atoms with Gasteiger partial charge in [0.15, 0.2) is 0 Å². The van der Waals surface area contributed by atoms with Gasteiger partial charge in [-0.1, -0.05) is 18.6 Å². The summed E-state index contributed by atoms with van der Waals surface area (Å²) in [5.74, 6) is -0.293. The summed E-state index contributed by atoms with van der Waals surface area (Å²) in [5.41, 5.74) is 1.70. The fraction of sp³-hybridized carbons (Fsp3) is 0.500. The van der Waals surface area contributed by atoms with E-state index in [2.05, 4.69) is 29.4 Å². The molecule has 0 aliphatic heterocycles. The van der Waals surface area contributed by atoms with E-state index < -0.39 is 15.7 Å². The van der Waals surface area contributed by atoms with Crippen LogP contribution in [0.25, 0.3) is 0 Å². The van der Waals surface area contributed by atoms with E-state index in [1.54, 1.807) is 12.1 Å². The van der Waals surface area contributed by atoms with Crippen LogP contribution in [0.1, 0.15) is 46.1 Å². The minimum atomic E-state index is -1.44.